The Bertz CT molecular complexity index is 651. The number of hydrogen-bond donors (Lipinski definition) is 2. The van der Waals surface area contributed by atoms with Gasteiger partial charge in [0.1, 0.15) is 10.9 Å². The van der Waals surface area contributed by atoms with Gasteiger partial charge < -0.3 is 5.11 Å². The van der Waals surface area contributed by atoms with Crippen LogP contribution in [0.3, 0.4) is 0 Å². The van der Waals surface area contributed by atoms with Gasteiger partial charge in [-0.05, 0) is 18.1 Å². The van der Waals surface area contributed by atoms with Crippen molar-refractivity contribution in [3.05, 3.63) is 28.8 Å². The molecule has 0 aliphatic rings. The highest BCUT2D eigenvalue weighted by atomic mass is 35.5. The van der Waals surface area contributed by atoms with Crippen molar-refractivity contribution >= 4 is 27.6 Å². The smallest absolute Gasteiger partial charge is 0.322 e. The standard InChI is InChI=1S/C12H14ClF2NO4S/c1-3-6(2)10(12(17)18)16-21(19,20)11-7(13)4-5-8(14)9(11)15/h4-6,10,16H,3H2,1-2H3,(H,17,18)/t6-,10-/m0/s1. The molecule has 0 aliphatic heterocycles. The minimum atomic E-state index is -4.62. The number of sulfonamides is 1. The molecule has 0 aliphatic carbocycles. The second-order valence-electron chi connectivity index (χ2n) is 4.50. The van der Waals surface area contributed by atoms with E-state index in [1.807, 2.05) is 4.72 Å². The Kier molecular flexibility index (Phi) is 5.66. The van der Waals surface area contributed by atoms with Gasteiger partial charge in [0.05, 0.1) is 5.02 Å². The molecule has 0 aromatic heterocycles. The second-order valence-corrected chi connectivity index (χ2v) is 6.55. The van der Waals surface area contributed by atoms with Gasteiger partial charge in [0, 0.05) is 0 Å². The monoisotopic (exact) mass is 341 g/mol. The van der Waals surface area contributed by atoms with Crippen molar-refractivity contribution in [3.63, 3.8) is 0 Å². The summed E-state index contributed by atoms with van der Waals surface area (Å²) >= 11 is 5.59. The molecular formula is C12H14ClF2NO4S. The number of hydrogen-bond acceptors (Lipinski definition) is 3. The predicted molar refractivity (Wildman–Crippen MR) is 72.6 cm³/mol. The molecule has 0 saturated carbocycles. The summed E-state index contributed by atoms with van der Waals surface area (Å²) in [6.07, 6.45) is 0.374. The van der Waals surface area contributed by atoms with Gasteiger partial charge in [-0.25, -0.2) is 17.2 Å². The van der Waals surface area contributed by atoms with Gasteiger partial charge in [-0.2, -0.15) is 4.72 Å². The van der Waals surface area contributed by atoms with Crippen molar-refractivity contribution in [2.45, 2.75) is 31.2 Å². The maximum atomic E-state index is 13.7. The fourth-order valence-electron chi connectivity index (χ4n) is 1.63. The van der Waals surface area contributed by atoms with E-state index >= 15 is 0 Å². The van der Waals surface area contributed by atoms with Gasteiger partial charge in [-0.1, -0.05) is 31.9 Å². The number of rotatable bonds is 6. The van der Waals surface area contributed by atoms with Crippen LogP contribution in [-0.2, 0) is 14.8 Å². The van der Waals surface area contributed by atoms with Crippen LogP contribution >= 0.6 is 11.6 Å². The third kappa shape index (κ3) is 3.90. The zero-order valence-corrected chi connectivity index (χ0v) is 12.8. The van der Waals surface area contributed by atoms with Crippen LogP contribution in [0.25, 0.3) is 0 Å². The number of carbonyl (C=O) groups is 1. The number of carboxylic acid groups (broad SMARTS) is 1. The zero-order valence-electron chi connectivity index (χ0n) is 11.2. The van der Waals surface area contributed by atoms with Crippen molar-refractivity contribution in [2.75, 3.05) is 0 Å². The minimum absolute atomic E-state index is 0.374. The summed E-state index contributed by atoms with van der Waals surface area (Å²) in [5, 5.41) is 8.52. The Balaban J connectivity index is 3.30. The summed E-state index contributed by atoms with van der Waals surface area (Å²) in [4.78, 5) is 10.0. The van der Waals surface area contributed by atoms with Crippen LogP contribution in [0.1, 0.15) is 20.3 Å². The number of halogens is 3. The lowest BCUT2D eigenvalue weighted by atomic mass is 10.0. The molecule has 9 heteroatoms. The van der Waals surface area contributed by atoms with Gasteiger partial charge in [0.25, 0.3) is 0 Å². The molecular weight excluding hydrogens is 328 g/mol. The Labute approximate surface area is 126 Å². The van der Waals surface area contributed by atoms with Crippen LogP contribution in [0.5, 0.6) is 0 Å². The number of aliphatic carboxylic acids is 1. The van der Waals surface area contributed by atoms with Crippen LogP contribution < -0.4 is 4.72 Å². The summed E-state index contributed by atoms with van der Waals surface area (Å²) in [5.41, 5.74) is 0. The molecule has 0 saturated heterocycles. The van der Waals surface area contributed by atoms with Crippen LogP contribution in [0.15, 0.2) is 17.0 Å². The molecule has 1 aromatic carbocycles. The van der Waals surface area contributed by atoms with E-state index in [1.165, 1.54) is 6.92 Å². The molecule has 0 spiro atoms. The van der Waals surface area contributed by atoms with Crippen LogP contribution in [0.4, 0.5) is 8.78 Å². The summed E-state index contributed by atoms with van der Waals surface area (Å²) in [7, 11) is -4.62. The van der Waals surface area contributed by atoms with Gasteiger partial charge in [0.2, 0.25) is 10.0 Å². The van der Waals surface area contributed by atoms with Gasteiger partial charge in [-0.15, -0.1) is 0 Å². The van der Waals surface area contributed by atoms with Crippen molar-refractivity contribution < 1.29 is 27.1 Å². The lowest BCUT2D eigenvalue weighted by molar-refractivity contribution is -0.140. The summed E-state index contributed by atoms with van der Waals surface area (Å²) in [6.45, 7) is 3.19. The first kappa shape index (κ1) is 17.8. The maximum absolute atomic E-state index is 13.7. The quantitative estimate of drug-likeness (QED) is 0.778. The lowest BCUT2D eigenvalue weighted by Crippen LogP contribution is -2.45. The van der Waals surface area contributed by atoms with Crippen molar-refractivity contribution in [1.29, 1.82) is 0 Å². The molecule has 5 nitrogen and oxygen atoms in total. The molecule has 1 aromatic rings. The topological polar surface area (TPSA) is 83.5 Å². The predicted octanol–water partition coefficient (Wildman–Crippen LogP) is 2.40. The van der Waals surface area contributed by atoms with Crippen molar-refractivity contribution in [1.82, 2.24) is 4.72 Å². The first-order valence-corrected chi connectivity index (χ1v) is 7.86. The second kappa shape index (κ2) is 6.67. The highest BCUT2D eigenvalue weighted by molar-refractivity contribution is 7.89. The van der Waals surface area contributed by atoms with E-state index < -0.39 is 49.5 Å². The Morgan fingerprint density at radius 2 is 2.00 bits per heavy atom. The Morgan fingerprint density at radius 1 is 1.43 bits per heavy atom. The first-order chi connectivity index (χ1) is 9.61. The highest BCUT2D eigenvalue weighted by Crippen LogP contribution is 2.27. The molecule has 0 heterocycles. The van der Waals surface area contributed by atoms with E-state index in [0.717, 1.165) is 6.07 Å². The SMILES string of the molecule is CC[C@H](C)[C@H](NS(=O)(=O)c1c(Cl)ccc(F)c1F)C(=O)O. The summed E-state index contributed by atoms with van der Waals surface area (Å²) in [5.74, 6) is -5.01. The molecule has 0 unspecified atom stereocenters. The van der Waals surface area contributed by atoms with E-state index in [2.05, 4.69) is 0 Å². The average Bonchev–Trinajstić information content (AvgIpc) is 2.39. The van der Waals surface area contributed by atoms with Crippen LogP contribution in [0.2, 0.25) is 5.02 Å². The fraction of sp³-hybridized carbons (Fsp3) is 0.417. The summed E-state index contributed by atoms with van der Waals surface area (Å²) in [6, 6.07) is 0.0897. The Hall–Kier alpha value is -1.25. The zero-order chi connectivity index (χ0) is 16.4. The van der Waals surface area contributed by atoms with E-state index in [4.69, 9.17) is 16.7 Å². The average molecular weight is 342 g/mol. The van der Waals surface area contributed by atoms with Crippen LogP contribution in [-0.4, -0.2) is 25.5 Å². The normalized spacial score (nSPS) is 14.7. The molecule has 21 heavy (non-hydrogen) atoms. The highest BCUT2D eigenvalue weighted by Gasteiger charge is 2.33. The maximum Gasteiger partial charge on any atom is 0.322 e. The van der Waals surface area contributed by atoms with E-state index in [9.17, 15) is 22.0 Å². The Morgan fingerprint density at radius 3 is 2.48 bits per heavy atom. The minimum Gasteiger partial charge on any atom is -0.480 e. The molecule has 0 bridgehead atoms. The summed E-state index contributed by atoms with van der Waals surface area (Å²) < 4.78 is 52.9. The van der Waals surface area contributed by atoms with Gasteiger partial charge >= 0.3 is 5.97 Å². The van der Waals surface area contributed by atoms with E-state index in [1.54, 1.807) is 6.92 Å². The van der Waals surface area contributed by atoms with E-state index in [-0.39, 0.29) is 0 Å². The van der Waals surface area contributed by atoms with Crippen molar-refractivity contribution in [3.8, 4) is 0 Å². The first-order valence-electron chi connectivity index (χ1n) is 6.00. The molecule has 0 amide bonds. The van der Waals surface area contributed by atoms with E-state index in [0.29, 0.717) is 12.5 Å². The fourth-order valence-corrected chi connectivity index (χ4v) is 3.52. The number of benzene rings is 1. The molecule has 1 rings (SSSR count). The number of carboxylic acids is 1. The van der Waals surface area contributed by atoms with Crippen molar-refractivity contribution in [2.24, 2.45) is 5.92 Å². The van der Waals surface area contributed by atoms with Gasteiger partial charge in [-0.3, -0.25) is 4.79 Å². The van der Waals surface area contributed by atoms with Crippen LogP contribution in [0, 0.1) is 17.6 Å². The molecule has 0 fully saturated rings. The van der Waals surface area contributed by atoms with Gasteiger partial charge in [0.15, 0.2) is 11.6 Å². The third-order valence-electron chi connectivity index (χ3n) is 3.03. The molecule has 2 N–H and O–H groups in total. The molecule has 2 atom stereocenters. The molecule has 118 valence electrons. The largest absolute Gasteiger partial charge is 0.480 e. The lowest BCUT2D eigenvalue weighted by Gasteiger charge is -2.20. The molecule has 0 radical (unpaired) electrons. The third-order valence-corrected chi connectivity index (χ3v) is 4.96. The number of nitrogens with one attached hydrogen (secondary N) is 1.